The number of aromatic nitrogens is 1. The molecule has 110 valence electrons. The number of carbonyl (C=O) groups is 2. The van der Waals surface area contributed by atoms with Crippen LogP contribution in [0.5, 0.6) is 0 Å². The second-order valence-electron chi connectivity index (χ2n) is 5.52. The van der Waals surface area contributed by atoms with Crippen molar-refractivity contribution in [2.75, 3.05) is 13.1 Å². The van der Waals surface area contributed by atoms with Crippen molar-refractivity contribution in [3.63, 3.8) is 0 Å². The number of hydrogen-bond donors (Lipinski definition) is 2. The summed E-state index contributed by atoms with van der Waals surface area (Å²) in [7, 11) is 0. The van der Waals surface area contributed by atoms with Gasteiger partial charge in [-0.15, -0.1) is 11.3 Å². The number of urea groups is 1. The number of hydrogen-bond acceptors (Lipinski definition) is 4. The molecule has 2 N–H and O–H groups in total. The molecule has 2 rings (SSSR count). The summed E-state index contributed by atoms with van der Waals surface area (Å²) < 4.78 is 0. The highest BCUT2D eigenvalue weighted by atomic mass is 32.1. The number of nitrogens with one attached hydrogen (secondary N) is 1. The van der Waals surface area contributed by atoms with Crippen molar-refractivity contribution in [3.8, 4) is 0 Å². The van der Waals surface area contributed by atoms with Crippen LogP contribution in [0.2, 0.25) is 0 Å². The van der Waals surface area contributed by atoms with E-state index in [1.807, 2.05) is 13.8 Å². The Morgan fingerprint density at radius 2 is 2.30 bits per heavy atom. The molecule has 2 atom stereocenters. The van der Waals surface area contributed by atoms with Gasteiger partial charge in [0, 0.05) is 24.2 Å². The fraction of sp³-hybridized carbons (Fsp3) is 0.615. The van der Waals surface area contributed by atoms with Crippen molar-refractivity contribution in [2.45, 2.75) is 33.2 Å². The Labute approximate surface area is 121 Å². The molecule has 0 saturated carbocycles. The summed E-state index contributed by atoms with van der Waals surface area (Å²) >= 11 is 1.55. The number of carboxylic acid groups (broad SMARTS) is 1. The van der Waals surface area contributed by atoms with Crippen LogP contribution < -0.4 is 5.32 Å². The first-order chi connectivity index (χ1) is 9.32. The normalized spacial score (nSPS) is 23.6. The molecule has 1 fully saturated rings. The van der Waals surface area contributed by atoms with Crippen molar-refractivity contribution in [3.05, 3.63) is 16.1 Å². The number of carbonyl (C=O) groups excluding carboxylic acids is 1. The van der Waals surface area contributed by atoms with Crippen molar-refractivity contribution in [2.24, 2.45) is 5.41 Å². The van der Waals surface area contributed by atoms with Gasteiger partial charge in [-0.1, -0.05) is 0 Å². The molecule has 1 saturated heterocycles. The summed E-state index contributed by atoms with van der Waals surface area (Å²) in [5.74, 6) is -0.851. The standard InChI is InChI=1S/C13H19N3O3S/c1-8-6-14-10(20-8)9(2)15-12(19)16-5-4-13(3,7-16)11(17)18/h6,9H,4-5,7H2,1-3H3,(H,15,19)(H,17,18). The van der Waals surface area contributed by atoms with E-state index in [2.05, 4.69) is 10.3 Å². The second kappa shape index (κ2) is 5.40. The number of thiazole rings is 1. The molecule has 1 aromatic heterocycles. The Morgan fingerprint density at radius 3 is 2.80 bits per heavy atom. The molecule has 0 aliphatic carbocycles. The average molecular weight is 297 g/mol. The molecule has 6 nitrogen and oxygen atoms in total. The summed E-state index contributed by atoms with van der Waals surface area (Å²) in [6.07, 6.45) is 2.26. The van der Waals surface area contributed by atoms with E-state index in [1.54, 1.807) is 29.4 Å². The highest BCUT2D eigenvalue weighted by molar-refractivity contribution is 7.11. The zero-order valence-electron chi connectivity index (χ0n) is 11.8. The quantitative estimate of drug-likeness (QED) is 0.894. The van der Waals surface area contributed by atoms with Crippen LogP contribution in [-0.4, -0.2) is 40.1 Å². The third kappa shape index (κ3) is 2.92. The molecule has 1 aliphatic heterocycles. The van der Waals surface area contributed by atoms with E-state index >= 15 is 0 Å². The minimum absolute atomic E-state index is 0.169. The number of likely N-dealkylation sites (tertiary alicyclic amines) is 1. The molecule has 2 heterocycles. The highest BCUT2D eigenvalue weighted by Gasteiger charge is 2.42. The third-order valence-corrected chi connectivity index (χ3v) is 4.72. The molecule has 2 amide bonds. The predicted octanol–water partition coefficient (Wildman–Crippen LogP) is 2.02. The van der Waals surface area contributed by atoms with Gasteiger partial charge in [0.1, 0.15) is 5.01 Å². The van der Waals surface area contributed by atoms with E-state index in [9.17, 15) is 9.59 Å². The maximum atomic E-state index is 12.1. The van der Waals surface area contributed by atoms with Crippen molar-refractivity contribution < 1.29 is 14.7 Å². The van der Waals surface area contributed by atoms with Gasteiger partial charge in [0.05, 0.1) is 11.5 Å². The van der Waals surface area contributed by atoms with Gasteiger partial charge in [-0.25, -0.2) is 9.78 Å². The average Bonchev–Trinajstić information content (AvgIpc) is 2.96. The number of amides is 2. The lowest BCUT2D eigenvalue weighted by Gasteiger charge is -2.22. The fourth-order valence-corrected chi connectivity index (χ4v) is 3.00. The fourth-order valence-electron chi connectivity index (χ4n) is 2.22. The molecule has 0 radical (unpaired) electrons. The van der Waals surface area contributed by atoms with Crippen LogP contribution >= 0.6 is 11.3 Å². The van der Waals surface area contributed by atoms with E-state index in [-0.39, 0.29) is 18.6 Å². The van der Waals surface area contributed by atoms with E-state index in [0.29, 0.717) is 13.0 Å². The SMILES string of the molecule is Cc1cnc(C(C)NC(=O)N2CCC(C)(C(=O)O)C2)s1. The molecule has 1 aromatic rings. The molecule has 7 heteroatoms. The zero-order chi connectivity index (χ0) is 14.9. The lowest BCUT2D eigenvalue weighted by atomic mass is 9.90. The van der Waals surface area contributed by atoms with Gasteiger partial charge < -0.3 is 15.3 Å². The van der Waals surface area contributed by atoms with Crippen LogP contribution in [-0.2, 0) is 4.79 Å². The van der Waals surface area contributed by atoms with E-state index < -0.39 is 11.4 Å². The summed E-state index contributed by atoms with van der Waals surface area (Å²) in [4.78, 5) is 30.2. The van der Waals surface area contributed by atoms with Crippen LogP contribution in [0.25, 0.3) is 0 Å². The van der Waals surface area contributed by atoms with Gasteiger partial charge in [0.2, 0.25) is 0 Å². The van der Waals surface area contributed by atoms with Crippen molar-refractivity contribution >= 4 is 23.3 Å². The number of carboxylic acids is 1. The van der Waals surface area contributed by atoms with Crippen molar-refractivity contribution in [1.29, 1.82) is 0 Å². The first kappa shape index (κ1) is 14.8. The lowest BCUT2D eigenvalue weighted by molar-refractivity contribution is -0.146. The Hall–Kier alpha value is -1.63. The van der Waals surface area contributed by atoms with E-state index in [4.69, 9.17) is 5.11 Å². The number of aliphatic carboxylic acids is 1. The summed E-state index contributed by atoms with van der Waals surface area (Å²) in [6.45, 7) is 6.24. The Bertz CT molecular complexity index is 531. The first-order valence-electron chi connectivity index (χ1n) is 6.53. The van der Waals surface area contributed by atoms with Crippen LogP contribution in [0.3, 0.4) is 0 Å². The minimum atomic E-state index is -0.851. The lowest BCUT2D eigenvalue weighted by Crippen LogP contribution is -2.41. The van der Waals surface area contributed by atoms with Crippen molar-refractivity contribution in [1.82, 2.24) is 15.2 Å². The molecule has 0 bridgehead atoms. The molecule has 0 spiro atoms. The Balaban J connectivity index is 1.95. The van der Waals surface area contributed by atoms with Gasteiger partial charge in [0.15, 0.2) is 0 Å². The molecule has 20 heavy (non-hydrogen) atoms. The largest absolute Gasteiger partial charge is 0.481 e. The monoisotopic (exact) mass is 297 g/mol. The maximum Gasteiger partial charge on any atom is 0.317 e. The Morgan fingerprint density at radius 1 is 1.60 bits per heavy atom. The third-order valence-electron chi connectivity index (χ3n) is 3.63. The van der Waals surface area contributed by atoms with Crippen LogP contribution in [0, 0.1) is 12.3 Å². The summed E-state index contributed by atoms with van der Waals surface area (Å²) in [5.41, 5.74) is -0.835. The maximum absolute atomic E-state index is 12.1. The number of rotatable bonds is 3. The number of nitrogens with zero attached hydrogens (tertiary/aromatic N) is 2. The highest BCUT2D eigenvalue weighted by Crippen LogP contribution is 2.30. The molecule has 2 unspecified atom stereocenters. The molecular weight excluding hydrogens is 278 g/mol. The van der Waals surface area contributed by atoms with Gasteiger partial charge >= 0.3 is 12.0 Å². The van der Waals surface area contributed by atoms with Gasteiger partial charge in [-0.2, -0.15) is 0 Å². The molecular formula is C13H19N3O3S. The van der Waals surface area contributed by atoms with Crippen LogP contribution in [0.1, 0.15) is 36.2 Å². The topological polar surface area (TPSA) is 82.5 Å². The first-order valence-corrected chi connectivity index (χ1v) is 7.34. The predicted molar refractivity (Wildman–Crippen MR) is 75.7 cm³/mol. The van der Waals surface area contributed by atoms with E-state index in [1.165, 1.54) is 0 Å². The number of aryl methyl sites for hydroxylation is 1. The van der Waals surface area contributed by atoms with Gasteiger partial charge in [-0.05, 0) is 27.2 Å². The smallest absolute Gasteiger partial charge is 0.317 e. The summed E-state index contributed by atoms with van der Waals surface area (Å²) in [5, 5.41) is 12.9. The van der Waals surface area contributed by atoms with Crippen LogP contribution in [0.15, 0.2) is 6.20 Å². The summed E-state index contributed by atoms with van der Waals surface area (Å²) in [6, 6.07) is -0.395. The minimum Gasteiger partial charge on any atom is -0.481 e. The Kier molecular flexibility index (Phi) is 3.99. The van der Waals surface area contributed by atoms with Gasteiger partial charge in [0.25, 0.3) is 0 Å². The van der Waals surface area contributed by atoms with E-state index in [0.717, 1.165) is 9.88 Å². The zero-order valence-corrected chi connectivity index (χ0v) is 12.7. The van der Waals surface area contributed by atoms with Gasteiger partial charge in [-0.3, -0.25) is 4.79 Å². The molecule has 1 aliphatic rings. The molecule has 0 aromatic carbocycles. The van der Waals surface area contributed by atoms with Crippen LogP contribution in [0.4, 0.5) is 4.79 Å². The second-order valence-corrected chi connectivity index (χ2v) is 6.78.